The highest BCUT2D eigenvalue weighted by atomic mass is 19.1. The van der Waals surface area contributed by atoms with Crippen molar-refractivity contribution in [3.63, 3.8) is 0 Å². The molecule has 27 heavy (non-hydrogen) atoms. The van der Waals surface area contributed by atoms with Crippen LogP contribution in [0.5, 0.6) is 0 Å². The van der Waals surface area contributed by atoms with Crippen molar-refractivity contribution in [3.8, 4) is 11.3 Å². The lowest BCUT2D eigenvalue weighted by atomic mass is 10.1. The van der Waals surface area contributed by atoms with Gasteiger partial charge in [-0.25, -0.2) is 13.9 Å². The summed E-state index contributed by atoms with van der Waals surface area (Å²) in [6.07, 6.45) is 5.54. The molecular weight excluding hydrogens is 347 g/mol. The van der Waals surface area contributed by atoms with Crippen molar-refractivity contribution in [1.82, 2.24) is 9.78 Å². The van der Waals surface area contributed by atoms with Crippen molar-refractivity contribution in [2.24, 2.45) is 0 Å². The molecule has 0 saturated carbocycles. The summed E-state index contributed by atoms with van der Waals surface area (Å²) in [7, 11) is 0. The van der Waals surface area contributed by atoms with E-state index in [1.165, 1.54) is 12.1 Å². The number of benzene rings is 2. The standard InChI is InChI=1S/C21H19FN2O3/c22-16-8-6-15(7-9-16)21-17-13-14(5-11-20(25)26)4-10-18(17)24(23-21)19-3-1-2-12-27-19/h4-11,13,19H,1-3,12H2,(H,25,26)/b11-5+. The maximum atomic E-state index is 13.3. The SMILES string of the molecule is O=C(O)/C=C/c1ccc2c(c1)c(-c1ccc(F)cc1)nn2C1CCCCO1. The van der Waals surface area contributed by atoms with E-state index in [2.05, 4.69) is 0 Å². The molecule has 1 unspecified atom stereocenters. The molecule has 1 aliphatic heterocycles. The zero-order chi connectivity index (χ0) is 18.8. The minimum atomic E-state index is -1.000. The van der Waals surface area contributed by atoms with Crippen LogP contribution in [0.2, 0.25) is 0 Å². The van der Waals surface area contributed by atoms with E-state index in [0.717, 1.165) is 53.1 Å². The van der Waals surface area contributed by atoms with Crippen molar-refractivity contribution in [1.29, 1.82) is 0 Å². The van der Waals surface area contributed by atoms with Gasteiger partial charge in [0.15, 0.2) is 6.23 Å². The van der Waals surface area contributed by atoms with Gasteiger partial charge >= 0.3 is 5.97 Å². The normalized spacial score (nSPS) is 17.6. The van der Waals surface area contributed by atoms with Gasteiger partial charge in [0.05, 0.1) is 5.52 Å². The molecule has 0 spiro atoms. The number of halogens is 1. The van der Waals surface area contributed by atoms with Crippen LogP contribution in [0.4, 0.5) is 4.39 Å². The molecule has 1 atom stereocenters. The van der Waals surface area contributed by atoms with Gasteiger partial charge in [-0.1, -0.05) is 6.07 Å². The molecule has 1 aliphatic rings. The van der Waals surface area contributed by atoms with E-state index in [-0.39, 0.29) is 12.0 Å². The highest BCUT2D eigenvalue weighted by Gasteiger charge is 2.21. The Kier molecular flexibility index (Phi) is 4.73. The van der Waals surface area contributed by atoms with E-state index in [1.54, 1.807) is 18.2 Å². The lowest BCUT2D eigenvalue weighted by molar-refractivity contribution is -0.131. The number of hydrogen-bond donors (Lipinski definition) is 1. The molecule has 1 fully saturated rings. The summed E-state index contributed by atoms with van der Waals surface area (Å²) in [5.41, 5.74) is 3.20. The Bertz CT molecular complexity index is 1000. The van der Waals surface area contributed by atoms with Gasteiger partial charge in [-0.2, -0.15) is 5.10 Å². The maximum Gasteiger partial charge on any atom is 0.328 e. The van der Waals surface area contributed by atoms with Crippen LogP contribution >= 0.6 is 0 Å². The first-order valence-corrected chi connectivity index (χ1v) is 8.92. The van der Waals surface area contributed by atoms with E-state index in [4.69, 9.17) is 14.9 Å². The molecule has 5 nitrogen and oxygen atoms in total. The Hall–Kier alpha value is -2.99. The topological polar surface area (TPSA) is 64.3 Å². The number of hydrogen-bond acceptors (Lipinski definition) is 3. The van der Waals surface area contributed by atoms with E-state index in [0.29, 0.717) is 6.61 Å². The Morgan fingerprint density at radius 3 is 2.74 bits per heavy atom. The first-order chi connectivity index (χ1) is 13.1. The third-order valence-electron chi connectivity index (χ3n) is 4.69. The second-order valence-corrected chi connectivity index (χ2v) is 6.57. The summed E-state index contributed by atoms with van der Waals surface area (Å²) in [5.74, 6) is -1.30. The molecule has 1 N–H and O–H groups in total. The van der Waals surface area contributed by atoms with Crippen LogP contribution in [0.3, 0.4) is 0 Å². The summed E-state index contributed by atoms with van der Waals surface area (Å²) in [4.78, 5) is 10.8. The maximum absolute atomic E-state index is 13.3. The summed E-state index contributed by atoms with van der Waals surface area (Å²) in [6, 6.07) is 11.9. The monoisotopic (exact) mass is 366 g/mol. The molecular formula is C21H19FN2O3. The minimum absolute atomic E-state index is 0.129. The fourth-order valence-electron chi connectivity index (χ4n) is 3.39. The first-order valence-electron chi connectivity index (χ1n) is 8.92. The highest BCUT2D eigenvalue weighted by Crippen LogP contribution is 2.33. The number of carboxylic acid groups (broad SMARTS) is 1. The summed E-state index contributed by atoms with van der Waals surface area (Å²) < 4.78 is 21.1. The Morgan fingerprint density at radius 2 is 2.04 bits per heavy atom. The predicted octanol–water partition coefficient (Wildman–Crippen LogP) is 4.64. The number of rotatable bonds is 4. The molecule has 4 rings (SSSR count). The molecule has 1 saturated heterocycles. The lowest BCUT2D eigenvalue weighted by Gasteiger charge is -2.23. The minimum Gasteiger partial charge on any atom is -0.478 e. The number of nitrogens with zero attached hydrogens (tertiary/aromatic N) is 2. The fraction of sp³-hybridized carbons (Fsp3) is 0.238. The van der Waals surface area contributed by atoms with Crippen LogP contribution in [-0.4, -0.2) is 27.5 Å². The van der Waals surface area contributed by atoms with Gasteiger partial charge in [0.25, 0.3) is 0 Å². The smallest absolute Gasteiger partial charge is 0.328 e. The molecule has 2 heterocycles. The number of aliphatic carboxylic acids is 1. The second-order valence-electron chi connectivity index (χ2n) is 6.57. The Morgan fingerprint density at radius 1 is 1.22 bits per heavy atom. The van der Waals surface area contributed by atoms with E-state index < -0.39 is 5.97 Å². The van der Waals surface area contributed by atoms with Gasteiger partial charge in [0.1, 0.15) is 11.5 Å². The summed E-state index contributed by atoms with van der Waals surface area (Å²) in [6.45, 7) is 0.706. The molecule has 0 radical (unpaired) electrons. The van der Waals surface area contributed by atoms with Gasteiger partial charge in [0, 0.05) is 23.6 Å². The lowest BCUT2D eigenvalue weighted by Crippen LogP contribution is -2.19. The average molecular weight is 366 g/mol. The quantitative estimate of drug-likeness (QED) is 0.683. The summed E-state index contributed by atoms with van der Waals surface area (Å²) in [5, 5.41) is 14.5. The van der Waals surface area contributed by atoms with Crippen LogP contribution in [0.25, 0.3) is 28.2 Å². The second kappa shape index (κ2) is 7.32. The number of carboxylic acids is 1. The van der Waals surface area contributed by atoms with Crippen LogP contribution in [0.1, 0.15) is 31.1 Å². The molecule has 6 heteroatoms. The highest BCUT2D eigenvalue weighted by molar-refractivity contribution is 5.95. The fourth-order valence-corrected chi connectivity index (χ4v) is 3.39. The molecule has 2 aromatic carbocycles. The zero-order valence-corrected chi connectivity index (χ0v) is 14.6. The number of fused-ring (bicyclic) bond motifs is 1. The van der Waals surface area contributed by atoms with Gasteiger partial charge in [-0.3, -0.25) is 0 Å². The van der Waals surface area contributed by atoms with Gasteiger partial charge < -0.3 is 9.84 Å². The third kappa shape index (κ3) is 3.61. The largest absolute Gasteiger partial charge is 0.478 e. The predicted molar refractivity (Wildman–Crippen MR) is 101 cm³/mol. The average Bonchev–Trinajstić information content (AvgIpc) is 3.06. The van der Waals surface area contributed by atoms with E-state index >= 15 is 0 Å². The first kappa shape index (κ1) is 17.4. The van der Waals surface area contributed by atoms with Crippen LogP contribution in [0, 0.1) is 5.82 Å². The van der Waals surface area contributed by atoms with Crippen LogP contribution in [0.15, 0.2) is 48.5 Å². The summed E-state index contributed by atoms with van der Waals surface area (Å²) >= 11 is 0. The van der Waals surface area contributed by atoms with Crippen molar-refractivity contribution in [3.05, 3.63) is 59.9 Å². The third-order valence-corrected chi connectivity index (χ3v) is 4.69. The van der Waals surface area contributed by atoms with Gasteiger partial charge in [0.2, 0.25) is 0 Å². The molecule has 138 valence electrons. The van der Waals surface area contributed by atoms with E-state index in [9.17, 15) is 9.18 Å². The molecule has 0 aliphatic carbocycles. The number of carbonyl (C=O) groups is 1. The molecule has 0 amide bonds. The van der Waals surface area contributed by atoms with Crippen molar-refractivity contribution in [2.45, 2.75) is 25.5 Å². The van der Waals surface area contributed by atoms with Crippen LogP contribution in [-0.2, 0) is 9.53 Å². The molecule has 3 aromatic rings. The van der Waals surface area contributed by atoms with Crippen molar-refractivity contribution >= 4 is 22.9 Å². The Balaban J connectivity index is 1.86. The van der Waals surface area contributed by atoms with Crippen molar-refractivity contribution in [2.75, 3.05) is 6.61 Å². The Labute approximate surface area is 155 Å². The van der Waals surface area contributed by atoms with Crippen molar-refractivity contribution < 1.29 is 19.0 Å². The van der Waals surface area contributed by atoms with Gasteiger partial charge in [-0.15, -0.1) is 0 Å². The zero-order valence-electron chi connectivity index (χ0n) is 14.6. The molecule has 0 bridgehead atoms. The molecule has 1 aromatic heterocycles. The van der Waals surface area contributed by atoms with Crippen LogP contribution < -0.4 is 0 Å². The number of ether oxygens (including phenoxy) is 1. The van der Waals surface area contributed by atoms with E-state index in [1.807, 2.05) is 22.9 Å². The number of aromatic nitrogens is 2. The van der Waals surface area contributed by atoms with Gasteiger partial charge in [-0.05, 0) is 67.3 Å².